The van der Waals surface area contributed by atoms with Gasteiger partial charge in [0.05, 0.1) is 12.5 Å². The third-order valence-corrected chi connectivity index (χ3v) is 3.61. The molecule has 0 spiro atoms. The SMILES string of the molecule is CCOC(=O)C(Nc1ccccc1)C(C)C(=O)c1ccccc1. The highest BCUT2D eigenvalue weighted by atomic mass is 16.5. The molecule has 0 heterocycles. The highest BCUT2D eigenvalue weighted by Crippen LogP contribution is 2.18. The van der Waals surface area contributed by atoms with Gasteiger partial charge in [-0.3, -0.25) is 4.79 Å². The molecular weight excluding hydrogens is 290 g/mol. The van der Waals surface area contributed by atoms with Gasteiger partial charge in [0.15, 0.2) is 5.78 Å². The molecule has 2 aromatic carbocycles. The van der Waals surface area contributed by atoms with Gasteiger partial charge in [-0.05, 0) is 19.1 Å². The number of para-hydroxylation sites is 1. The number of Topliss-reactive ketones (excluding diaryl/α,β-unsaturated/α-hetero) is 1. The van der Waals surface area contributed by atoms with Crippen LogP contribution < -0.4 is 5.32 Å². The molecule has 4 nitrogen and oxygen atoms in total. The van der Waals surface area contributed by atoms with E-state index in [1.807, 2.05) is 48.5 Å². The van der Waals surface area contributed by atoms with Crippen LogP contribution in [0.4, 0.5) is 5.69 Å². The zero-order valence-corrected chi connectivity index (χ0v) is 13.4. The minimum absolute atomic E-state index is 0.0907. The second-order valence-electron chi connectivity index (χ2n) is 5.26. The lowest BCUT2D eigenvalue weighted by Crippen LogP contribution is -2.40. The molecular formula is C19H21NO3. The van der Waals surface area contributed by atoms with E-state index < -0.39 is 17.9 Å². The van der Waals surface area contributed by atoms with Crippen LogP contribution in [0, 0.1) is 5.92 Å². The van der Waals surface area contributed by atoms with Gasteiger partial charge >= 0.3 is 5.97 Å². The lowest BCUT2D eigenvalue weighted by molar-refractivity contribution is -0.144. The van der Waals surface area contributed by atoms with Crippen molar-refractivity contribution >= 4 is 17.4 Å². The van der Waals surface area contributed by atoms with E-state index in [9.17, 15) is 9.59 Å². The van der Waals surface area contributed by atoms with E-state index >= 15 is 0 Å². The molecule has 23 heavy (non-hydrogen) atoms. The molecule has 0 amide bonds. The van der Waals surface area contributed by atoms with Gasteiger partial charge in [-0.15, -0.1) is 0 Å². The Morgan fingerprint density at radius 3 is 2.13 bits per heavy atom. The molecule has 0 aromatic heterocycles. The number of hydrogen-bond donors (Lipinski definition) is 1. The minimum Gasteiger partial charge on any atom is -0.464 e. The van der Waals surface area contributed by atoms with Gasteiger partial charge < -0.3 is 10.1 Å². The molecule has 0 saturated heterocycles. The number of ether oxygens (including phenoxy) is 1. The molecule has 0 fully saturated rings. The molecule has 1 N–H and O–H groups in total. The van der Waals surface area contributed by atoms with Crippen molar-refractivity contribution in [3.63, 3.8) is 0 Å². The van der Waals surface area contributed by atoms with Crippen LogP contribution in [-0.2, 0) is 9.53 Å². The van der Waals surface area contributed by atoms with Crippen molar-refractivity contribution in [3.8, 4) is 0 Å². The van der Waals surface area contributed by atoms with Crippen molar-refractivity contribution < 1.29 is 14.3 Å². The second-order valence-corrected chi connectivity index (χ2v) is 5.26. The van der Waals surface area contributed by atoms with E-state index in [2.05, 4.69) is 5.32 Å². The average molecular weight is 311 g/mol. The molecule has 0 saturated carbocycles. The maximum Gasteiger partial charge on any atom is 0.329 e. The summed E-state index contributed by atoms with van der Waals surface area (Å²) in [7, 11) is 0. The first-order valence-electron chi connectivity index (χ1n) is 7.71. The van der Waals surface area contributed by atoms with Gasteiger partial charge in [0.25, 0.3) is 0 Å². The quantitative estimate of drug-likeness (QED) is 0.627. The average Bonchev–Trinajstić information content (AvgIpc) is 2.60. The summed E-state index contributed by atoms with van der Waals surface area (Å²) in [4.78, 5) is 24.9. The van der Waals surface area contributed by atoms with Crippen LogP contribution in [0.1, 0.15) is 24.2 Å². The third-order valence-electron chi connectivity index (χ3n) is 3.61. The number of nitrogens with one attached hydrogen (secondary N) is 1. The molecule has 0 bridgehead atoms. The largest absolute Gasteiger partial charge is 0.464 e. The summed E-state index contributed by atoms with van der Waals surface area (Å²) in [6.07, 6.45) is 0. The summed E-state index contributed by atoms with van der Waals surface area (Å²) < 4.78 is 5.13. The summed E-state index contributed by atoms with van der Waals surface area (Å²) in [6.45, 7) is 3.77. The number of esters is 1. The molecule has 0 aliphatic carbocycles. The maximum absolute atomic E-state index is 12.6. The summed E-state index contributed by atoms with van der Waals surface area (Å²) in [6, 6.07) is 17.6. The predicted molar refractivity (Wildman–Crippen MR) is 90.4 cm³/mol. The molecule has 2 rings (SSSR count). The Labute approximate surface area is 136 Å². The Morgan fingerprint density at radius 1 is 1.00 bits per heavy atom. The van der Waals surface area contributed by atoms with Crippen LogP contribution >= 0.6 is 0 Å². The van der Waals surface area contributed by atoms with E-state index in [1.165, 1.54) is 0 Å². The number of ketones is 1. The minimum atomic E-state index is -0.731. The van der Waals surface area contributed by atoms with Crippen LogP contribution in [0.3, 0.4) is 0 Å². The molecule has 0 aliphatic rings. The normalized spacial score (nSPS) is 13.0. The van der Waals surface area contributed by atoms with Crippen molar-refractivity contribution in [1.29, 1.82) is 0 Å². The molecule has 2 unspecified atom stereocenters. The fourth-order valence-corrected chi connectivity index (χ4v) is 2.35. The summed E-state index contributed by atoms with van der Waals surface area (Å²) >= 11 is 0. The molecule has 0 radical (unpaired) electrons. The van der Waals surface area contributed by atoms with E-state index in [0.717, 1.165) is 5.69 Å². The summed E-state index contributed by atoms with van der Waals surface area (Å²) in [5.41, 5.74) is 1.36. The van der Waals surface area contributed by atoms with E-state index in [0.29, 0.717) is 5.56 Å². The Bertz CT molecular complexity index is 640. The number of carbonyl (C=O) groups excluding carboxylic acids is 2. The molecule has 2 atom stereocenters. The van der Waals surface area contributed by atoms with Crippen molar-refractivity contribution in [2.45, 2.75) is 19.9 Å². The first-order valence-corrected chi connectivity index (χ1v) is 7.71. The van der Waals surface area contributed by atoms with Crippen molar-refractivity contribution in [2.24, 2.45) is 5.92 Å². The number of benzene rings is 2. The Kier molecular flexibility index (Phi) is 5.92. The van der Waals surface area contributed by atoms with Crippen LogP contribution in [0.5, 0.6) is 0 Å². The fourth-order valence-electron chi connectivity index (χ4n) is 2.35. The second kappa shape index (κ2) is 8.13. The number of rotatable bonds is 7. The lowest BCUT2D eigenvalue weighted by Gasteiger charge is -2.23. The van der Waals surface area contributed by atoms with Crippen LogP contribution in [-0.4, -0.2) is 24.4 Å². The maximum atomic E-state index is 12.6. The lowest BCUT2D eigenvalue weighted by atomic mass is 9.92. The van der Waals surface area contributed by atoms with Crippen molar-refractivity contribution in [1.82, 2.24) is 0 Å². The fraction of sp³-hybridized carbons (Fsp3) is 0.263. The van der Waals surface area contributed by atoms with E-state index in [-0.39, 0.29) is 12.4 Å². The van der Waals surface area contributed by atoms with Gasteiger partial charge in [-0.1, -0.05) is 55.5 Å². The zero-order valence-electron chi connectivity index (χ0n) is 13.4. The van der Waals surface area contributed by atoms with E-state index in [4.69, 9.17) is 4.74 Å². The third kappa shape index (κ3) is 4.42. The van der Waals surface area contributed by atoms with Gasteiger partial charge in [0, 0.05) is 11.3 Å². The first kappa shape index (κ1) is 16.7. The Balaban J connectivity index is 2.22. The predicted octanol–water partition coefficient (Wildman–Crippen LogP) is 3.55. The Morgan fingerprint density at radius 2 is 1.57 bits per heavy atom. The molecule has 0 aliphatic heterocycles. The van der Waals surface area contributed by atoms with E-state index in [1.54, 1.807) is 26.0 Å². The highest BCUT2D eigenvalue weighted by Gasteiger charge is 2.31. The number of carbonyl (C=O) groups is 2. The smallest absolute Gasteiger partial charge is 0.329 e. The monoisotopic (exact) mass is 311 g/mol. The van der Waals surface area contributed by atoms with Crippen LogP contribution in [0.2, 0.25) is 0 Å². The number of anilines is 1. The van der Waals surface area contributed by atoms with Crippen molar-refractivity contribution in [3.05, 3.63) is 66.2 Å². The van der Waals surface area contributed by atoms with Crippen LogP contribution in [0.25, 0.3) is 0 Å². The van der Waals surface area contributed by atoms with Crippen LogP contribution in [0.15, 0.2) is 60.7 Å². The molecule has 120 valence electrons. The van der Waals surface area contributed by atoms with Gasteiger partial charge in [0.1, 0.15) is 6.04 Å². The Hall–Kier alpha value is -2.62. The summed E-state index contributed by atoms with van der Waals surface area (Å²) in [5.74, 6) is -1.06. The summed E-state index contributed by atoms with van der Waals surface area (Å²) in [5, 5.41) is 3.12. The molecule has 4 heteroatoms. The molecule has 2 aromatic rings. The van der Waals surface area contributed by atoms with Gasteiger partial charge in [0.2, 0.25) is 0 Å². The van der Waals surface area contributed by atoms with Crippen molar-refractivity contribution in [2.75, 3.05) is 11.9 Å². The highest BCUT2D eigenvalue weighted by molar-refractivity contribution is 6.01. The zero-order chi connectivity index (χ0) is 16.7. The van der Waals surface area contributed by atoms with Gasteiger partial charge in [-0.2, -0.15) is 0 Å². The van der Waals surface area contributed by atoms with Gasteiger partial charge in [-0.25, -0.2) is 4.79 Å². The first-order chi connectivity index (χ1) is 11.1. The number of hydrogen-bond acceptors (Lipinski definition) is 4. The topological polar surface area (TPSA) is 55.4 Å². The standard InChI is InChI=1S/C19H21NO3/c1-3-23-19(22)17(20-16-12-8-5-9-13-16)14(2)18(21)15-10-6-4-7-11-15/h4-14,17,20H,3H2,1-2H3.